The van der Waals surface area contributed by atoms with Crippen molar-refractivity contribution in [1.82, 2.24) is 0 Å². The molecule has 0 amide bonds. The maximum Gasteiger partial charge on any atom is 0.209 e. The molecule has 0 saturated heterocycles. The zero-order valence-corrected chi connectivity index (χ0v) is 8.89. The van der Waals surface area contributed by atoms with Crippen molar-refractivity contribution in [2.75, 3.05) is 5.75 Å². The standard InChI is InChI=1S/C8H19NO3S/c1-2-3-4-5-8(10)6-7-13(9,11)12/h8,10H,2-7H2,1H3,(H2,9,11,12). The molecule has 0 bridgehead atoms. The Morgan fingerprint density at radius 1 is 1.31 bits per heavy atom. The van der Waals surface area contributed by atoms with Crippen molar-refractivity contribution >= 4 is 10.0 Å². The zero-order valence-electron chi connectivity index (χ0n) is 8.07. The van der Waals surface area contributed by atoms with Crippen LogP contribution < -0.4 is 5.14 Å². The molecule has 0 aromatic rings. The van der Waals surface area contributed by atoms with Gasteiger partial charge in [0.25, 0.3) is 0 Å². The molecule has 80 valence electrons. The predicted molar refractivity (Wildman–Crippen MR) is 52.7 cm³/mol. The maximum absolute atomic E-state index is 10.5. The predicted octanol–water partition coefficient (Wildman–Crippen LogP) is 0.606. The lowest BCUT2D eigenvalue weighted by atomic mass is 10.1. The zero-order chi connectivity index (χ0) is 10.3. The number of nitrogens with two attached hydrogens (primary N) is 1. The third-order valence-electron chi connectivity index (χ3n) is 1.88. The average Bonchev–Trinajstić information content (AvgIpc) is 2.00. The molecule has 0 fully saturated rings. The van der Waals surface area contributed by atoms with Gasteiger partial charge in [0.15, 0.2) is 0 Å². The van der Waals surface area contributed by atoms with Crippen LogP contribution in [0.15, 0.2) is 0 Å². The summed E-state index contributed by atoms with van der Waals surface area (Å²) < 4.78 is 21.1. The minimum Gasteiger partial charge on any atom is -0.393 e. The van der Waals surface area contributed by atoms with E-state index in [4.69, 9.17) is 5.14 Å². The third-order valence-corrected chi connectivity index (χ3v) is 2.68. The van der Waals surface area contributed by atoms with Gasteiger partial charge >= 0.3 is 0 Å². The van der Waals surface area contributed by atoms with E-state index in [0.29, 0.717) is 6.42 Å². The normalized spacial score (nSPS) is 14.4. The highest BCUT2D eigenvalue weighted by atomic mass is 32.2. The Morgan fingerprint density at radius 3 is 2.38 bits per heavy atom. The van der Waals surface area contributed by atoms with Crippen LogP contribution in [0, 0.1) is 0 Å². The van der Waals surface area contributed by atoms with Gasteiger partial charge < -0.3 is 5.11 Å². The second kappa shape index (κ2) is 6.34. The number of hydrogen-bond donors (Lipinski definition) is 2. The number of primary sulfonamides is 1. The maximum atomic E-state index is 10.5. The molecule has 13 heavy (non-hydrogen) atoms. The molecule has 0 aromatic carbocycles. The molecule has 0 aliphatic heterocycles. The fourth-order valence-corrected chi connectivity index (χ4v) is 1.68. The van der Waals surface area contributed by atoms with Crippen molar-refractivity contribution in [1.29, 1.82) is 0 Å². The highest BCUT2D eigenvalue weighted by Crippen LogP contribution is 2.06. The number of aliphatic hydroxyl groups excluding tert-OH is 1. The topological polar surface area (TPSA) is 80.4 Å². The number of unbranched alkanes of at least 4 members (excludes halogenated alkanes) is 2. The smallest absolute Gasteiger partial charge is 0.209 e. The van der Waals surface area contributed by atoms with Crippen molar-refractivity contribution in [2.45, 2.75) is 45.1 Å². The summed E-state index contributed by atoms with van der Waals surface area (Å²) in [6.07, 6.45) is 3.52. The summed E-state index contributed by atoms with van der Waals surface area (Å²) in [5, 5.41) is 14.1. The molecule has 0 rings (SSSR count). The molecule has 0 saturated carbocycles. The van der Waals surface area contributed by atoms with Crippen LogP contribution in [0.1, 0.15) is 39.0 Å². The largest absolute Gasteiger partial charge is 0.393 e. The van der Waals surface area contributed by atoms with Crippen LogP contribution in [-0.4, -0.2) is 25.4 Å². The molecular formula is C8H19NO3S. The summed E-state index contributed by atoms with van der Waals surface area (Å²) in [6, 6.07) is 0. The molecule has 0 aliphatic carbocycles. The Morgan fingerprint density at radius 2 is 1.92 bits per heavy atom. The monoisotopic (exact) mass is 209 g/mol. The fraction of sp³-hybridized carbons (Fsp3) is 1.00. The highest BCUT2D eigenvalue weighted by molar-refractivity contribution is 7.89. The average molecular weight is 209 g/mol. The van der Waals surface area contributed by atoms with Gasteiger partial charge in [-0.1, -0.05) is 26.2 Å². The van der Waals surface area contributed by atoms with Crippen LogP contribution in [0.5, 0.6) is 0 Å². The summed E-state index contributed by atoms with van der Waals surface area (Å²) in [5.74, 6) is -0.125. The van der Waals surface area contributed by atoms with Gasteiger partial charge in [-0.3, -0.25) is 0 Å². The Labute approximate surface area is 80.2 Å². The Hall–Kier alpha value is -0.130. The first kappa shape index (κ1) is 12.9. The fourth-order valence-electron chi connectivity index (χ4n) is 1.07. The van der Waals surface area contributed by atoms with E-state index in [2.05, 4.69) is 6.92 Å². The van der Waals surface area contributed by atoms with Crippen molar-refractivity contribution in [2.24, 2.45) is 5.14 Å². The first-order valence-electron chi connectivity index (χ1n) is 4.64. The van der Waals surface area contributed by atoms with Gasteiger partial charge in [-0.15, -0.1) is 0 Å². The van der Waals surface area contributed by atoms with Crippen LogP contribution >= 0.6 is 0 Å². The molecule has 5 heteroatoms. The van der Waals surface area contributed by atoms with Crippen molar-refractivity contribution in [3.8, 4) is 0 Å². The summed E-state index contributed by atoms with van der Waals surface area (Å²) >= 11 is 0. The van der Waals surface area contributed by atoms with Crippen molar-refractivity contribution in [3.05, 3.63) is 0 Å². The Bertz CT molecular complexity index is 213. The minimum absolute atomic E-state index is 0.125. The van der Waals surface area contributed by atoms with Crippen LogP contribution in [0.2, 0.25) is 0 Å². The van der Waals surface area contributed by atoms with E-state index in [-0.39, 0.29) is 12.2 Å². The number of hydrogen-bond acceptors (Lipinski definition) is 3. The van der Waals surface area contributed by atoms with Crippen LogP contribution in [0.3, 0.4) is 0 Å². The molecule has 0 heterocycles. The first-order valence-corrected chi connectivity index (χ1v) is 6.35. The Kier molecular flexibility index (Phi) is 6.28. The Balaban J connectivity index is 3.46. The van der Waals surface area contributed by atoms with E-state index in [9.17, 15) is 13.5 Å². The quantitative estimate of drug-likeness (QED) is 0.603. The van der Waals surface area contributed by atoms with Crippen LogP contribution in [0.25, 0.3) is 0 Å². The molecule has 0 aromatic heterocycles. The molecule has 1 unspecified atom stereocenters. The van der Waals surface area contributed by atoms with E-state index < -0.39 is 16.1 Å². The molecule has 0 aliphatic rings. The molecular weight excluding hydrogens is 190 g/mol. The summed E-state index contributed by atoms with van der Waals surface area (Å²) in [5.41, 5.74) is 0. The second-order valence-corrected chi connectivity index (χ2v) is 5.04. The minimum atomic E-state index is -3.41. The van der Waals surface area contributed by atoms with Gasteiger partial charge in [-0.2, -0.15) is 0 Å². The van der Waals surface area contributed by atoms with Crippen LogP contribution in [-0.2, 0) is 10.0 Å². The van der Waals surface area contributed by atoms with Crippen molar-refractivity contribution in [3.63, 3.8) is 0 Å². The van der Waals surface area contributed by atoms with E-state index >= 15 is 0 Å². The molecule has 4 nitrogen and oxygen atoms in total. The number of aliphatic hydroxyl groups is 1. The van der Waals surface area contributed by atoms with Gasteiger partial charge in [-0.25, -0.2) is 13.6 Å². The number of sulfonamides is 1. The lowest BCUT2D eigenvalue weighted by molar-refractivity contribution is 0.157. The van der Waals surface area contributed by atoms with Gasteiger partial charge in [0, 0.05) is 0 Å². The first-order chi connectivity index (χ1) is 5.95. The van der Waals surface area contributed by atoms with Gasteiger partial charge in [0.2, 0.25) is 10.0 Å². The lowest BCUT2D eigenvalue weighted by Gasteiger charge is -2.08. The highest BCUT2D eigenvalue weighted by Gasteiger charge is 2.08. The summed E-state index contributed by atoms with van der Waals surface area (Å²) in [6.45, 7) is 2.08. The van der Waals surface area contributed by atoms with E-state index in [1.165, 1.54) is 0 Å². The molecule has 0 radical (unpaired) electrons. The molecule has 0 spiro atoms. The lowest BCUT2D eigenvalue weighted by Crippen LogP contribution is -2.20. The van der Waals surface area contributed by atoms with E-state index in [1.54, 1.807) is 0 Å². The third kappa shape index (κ3) is 9.79. The van der Waals surface area contributed by atoms with Gasteiger partial charge in [0.1, 0.15) is 0 Å². The second-order valence-electron chi connectivity index (χ2n) is 3.31. The SMILES string of the molecule is CCCCCC(O)CCS(N)(=O)=O. The van der Waals surface area contributed by atoms with E-state index in [0.717, 1.165) is 19.3 Å². The molecule has 3 N–H and O–H groups in total. The van der Waals surface area contributed by atoms with E-state index in [1.807, 2.05) is 0 Å². The van der Waals surface area contributed by atoms with Crippen LogP contribution in [0.4, 0.5) is 0 Å². The van der Waals surface area contributed by atoms with Crippen molar-refractivity contribution < 1.29 is 13.5 Å². The molecule has 1 atom stereocenters. The van der Waals surface area contributed by atoms with Gasteiger partial charge in [-0.05, 0) is 12.8 Å². The summed E-state index contributed by atoms with van der Waals surface area (Å²) in [4.78, 5) is 0. The van der Waals surface area contributed by atoms with Gasteiger partial charge in [0.05, 0.1) is 11.9 Å². The number of rotatable bonds is 7. The summed E-state index contributed by atoms with van der Waals surface area (Å²) in [7, 11) is -3.41.